The fourth-order valence-electron chi connectivity index (χ4n) is 2.76. The fraction of sp³-hybridized carbons (Fsp3) is 0.312. The lowest BCUT2D eigenvalue weighted by Gasteiger charge is -2.28. The number of carbonyl (C=O) groups is 1. The molecule has 2 nitrogen and oxygen atoms in total. The summed E-state index contributed by atoms with van der Waals surface area (Å²) < 4.78 is 0. The third-order valence-electron chi connectivity index (χ3n) is 3.50. The zero-order chi connectivity index (χ0) is 14.2. The number of Topliss-reactive ketones (excluding diaryl/α,β-unsaturated/α-hetero) is 1. The summed E-state index contributed by atoms with van der Waals surface area (Å²) in [5, 5.41) is 1.05. The van der Waals surface area contributed by atoms with Gasteiger partial charge in [0.15, 0.2) is 0 Å². The minimum atomic E-state index is -1.64. The maximum absolute atomic E-state index is 12.1. The summed E-state index contributed by atoms with van der Waals surface area (Å²) in [6, 6.07) is 7.95. The second-order valence-corrected chi connectivity index (χ2v) is 11.4. The predicted octanol–water partition coefficient (Wildman–Crippen LogP) is 3.97. The summed E-state index contributed by atoms with van der Waals surface area (Å²) in [5.74, 6) is 0.223. The number of carbonyl (C=O) groups excluding carboxylic acids is 1. The predicted molar refractivity (Wildman–Crippen MR) is 83.0 cm³/mol. The lowest BCUT2D eigenvalue weighted by atomic mass is 10.0. The number of ketones is 1. The molecule has 1 radical (unpaired) electrons. The minimum absolute atomic E-state index is 0.0305. The number of benzene rings is 1. The van der Waals surface area contributed by atoms with Crippen molar-refractivity contribution in [2.24, 2.45) is 0 Å². The van der Waals surface area contributed by atoms with Gasteiger partial charge < -0.3 is 0 Å². The zero-order valence-corrected chi connectivity index (χ0v) is 13.0. The molecule has 1 aromatic heterocycles. The number of fused-ring (bicyclic) bond motifs is 1. The van der Waals surface area contributed by atoms with Crippen LogP contribution in [0.5, 0.6) is 0 Å². The summed E-state index contributed by atoms with van der Waals surface area (Å²) in [6.07, 6.45) is 1.84. The van der Waals surface area contributed by atoms with Crippen LogP contribution in [0.4, 0.5) is 0 Å². The van der Waals surface area contributed by atoms with Crippen LogP contribution < -0.4 is 0 Å². The Hall–Kier alpha value is -1.48. The van der Waals surface area contributed by atoms with Gasteiger partial charge in [0.25, 0.3) is 0 Å². The van der Waals surface area contributed by atoms with Crippen LogP contribution in [0.3, 0.4) is 0 Å². The largest absolute Gasteiger partial charge is 0.300 e. The highest BCUT2D eigenvalue weighted by Gasteiger charge is 2.33. The summed E-state index contributed by atoms with van der Waals surface area (Å²) >= 11 is 0. The van der Waals surface area contributed by atoms with Crippen molar-refractivity contribution in [2.75, 3.05) is 0 Å². The van der Waals surface area contributed by atoms with Crippen LogP contribution in [-0.2, 0) is 4.79 Å². The Morgan fingerprint density at radius 2 is 1.89 bits per heavy atom. The molecule has 1 atom stereocenters. The molecule has 0 spiro atoms. The normalized spacial score (nSPS) is 13.5. The van der Waals surface area contributed by atoms with Gasteiger partial charge in [-0.2, -0.15) is 0 Å². The molecular formula is C16H20NOSi. The lowest BCUT2D eigenvalue weighted by Crippen LogP contribution is -2.36. The van der Waals surface area contributed by atoms with E-state index in [9.17, 15) is 4.79 Å². The van der Waals surface area contributed by atoms with Gasteiger partial charge in [-0.05, 0) is 31.0 Å². The Kier molecular flexibility index (Phi) is 3.59. The van der Waals surface area contributed by atoms with Crippen LogP contribution in [0.15, 0.2) is 30.5 Å². The molecule has 19 heavy (non-hydrogen) atoms. The van der Waals surface area contributed by atoms with E-state index in [1.165, 1.54) is 0 Å². The van der Waals surface area contributed by atoms with Crippen molar-refractivity contribution in [3.63, 3.8) is 0 Å². The molecule has 1 heterocycles. The molecule has 1 unspecified atom stereocenters. The van der Waals surface area contributed by atoms with Gasteiger partial charge in [-0.3, -0.25) is 9.78 Å². The SMILES string of the molecule is [CH2]c1c(C(C(C)=O)[Si](C)(C)C)cnc2ccccc12. The highest BCUT2D eigenvalue weighted by Crippen LogP contribution is 2.32. The molecule has 0 N–H and O–H groups in total. The van der Waals surface area contributed by atoms with Gasteiger partial charge in [-0.15, -0.1) is 0 Å². The molecule has 0 fully saturated rings. The summed E-state index contributed by atoms with van der Waals surface area (Å²) in [7, 11) is -1.64. The van der Waals surface area contributed by atoms with Crippen LogP contribution in [0.1, 0.15) is 23.6 Å². The number of hydrogen-bond donors (Lipinski definition) is 0. The first kappa shape index (κ1) is 13.9. The van der Waals surface area contributed by atoms with Crippen molar-refractivity contribution < 1.29 is 4.79 Å². The van der Waals surface area contributed by atoms with E-state index in [1.54, 1.807) is 6.92 Å². The van der Waals surface area contributed by atoms with E-state index >= 15 is 0 Å². The molecular weight excluding hydrogens is 250 g/mol. The first-order chi connectivity index (χ1) is 8.82. The molecule has 0 aliphatic rings. The first-order valence-corrected chi connectivity index (χ1v) is 10.1. The monoisotopic (exact) mass is 270 g/mol. The van der Waals surface area contributed by atoms with Crippen molar-refractivity contribution in [2.45, 2.75) is 32.1 Å². The Bertz CT molecular complexity index is 628. The maximum Gasteiger partial charge on any atom is 0.134 e. The van der Waals surface area contributed by atoms with E-state index in [4.69, 9.17) is 0 Å². The standard InChI is InChI=1S/C16H20NOSi/c1-11-13-8-6-7-9-15(13)17-10-14(11)16(12(2)18)19(3,4)5/h6-10,16H,1H2,2-5H3. The average Bonchev–Trinajstić information content (AvgIpc) is 2.31. The Labute approximate surface area is 115 Å². The molecule has 0 saturated heterocycles. The molecule has 2 aromatic rings. The molecule has 0 aliphatic heterocycles. The summed E-state index contributed by atoms with van der Waals surface area (Å²) in [5.41, 5.74) is 2.87. The van der Waals surface area contributed by atoms with Crippen LogP contribution in [0, 0.1) is 6.92 Å². The van der Waals surface area contributed by atoms with Crippen molar-refractivity contribution in [1.29, 1.82) is 0 Å². The topological polar surface area (TPSA) is 30.0 Å². The molecule has 0 aliphatic carbocycles. The van der Waals surface area contributed by atoms with Gasteiger partial charge in [0.2, 0.25) is 0 Å². The number of pyridine rings is 1. The van der Waals surface area contributed by atoms with Crippen molar-refractivity contribution in [1.82, 2.24) is 4.98 Å². The molecule has 3 heteroatoms. The zero-order valence-electron chi connectivity index (χ0n) is 12.0. The van der Waals surface area contributed by atoms with E-state index in [2.05, 4.69) is 31.5 Å². The quantitative estimate of drug-likeness (QED) is 0.790. The molecule has 0 amide bonds. The minimum Gasteiger partial charge on any atom is -0.300 e. The highest BCUT2D eigenvalue weighted by atomic mass is 28.3. The molecule has 1 aromatic carbocycles. The number of nitrogens with zero attached hydrogens (tertiary/aromatic N) is 1. The van der Waals surface area contributed by atoms with E-state index in [0.29, 0.717) is 0 Å². The molecule has 0 saturated carbocycles. The molecule has 0 bridgehead atoms. The van der Waals surface area contributed by atoms with Gasteiger partial charge in [-0.1, -0.05) is 37.8 Å². The van der Waals surface area contributed by atoms with Crippen LogP contribution in [0.25, 0.3) is 10.9 Å². The van der Waals surface area contributed by atoms with E-state index in [0.717, 1.165) is 22.0 Å². The number of aromatic nitrogens is 1. The first-order valence-electron chi connectivity index (χ1n) is 6.52. The number of rotatable bonds is 3. The Morgan fingerprint density at radius 1 is 1.26 bits per heavy atom. The van der Waals surface area contributed by atoms with E-state index < -0.39 is 8.07 Å². The smallest absolute Gasteiger partial charge is 0.134 e. The average molecular weight is 270 g/mol. The van der Waals surface area contributed by atoms with Gasteiger partial charge in [-0.25, -0.2) is 0 Å². The van der Waals surface area contributed by atoms with Gasteiger partial charge in [0.1, 0.15) is 5.78 Å². The third-order valence-corrected chi connectivity index (χ3v) is 5.95. The van der Waals surface area contributed by atoms with Crippen molar-refractivity contribution in [3.8, 4) is 0 Å². The lowest BCUT2D eigenvalue weighted by molar-refractivity contribution is -0.116. The van der Waals surface area contributed by atoms with Crippen LogP contribution >= 0.6 is 0 Å². The van der Waals surface area contributed by atoms with Crippen LogP contribution in [0.2, 0.25) is 19.6 Å². The second kappa shape index (κ2) is 4.89. The highest BCUT2D eigenvalue weighted by molar-refractivity contribution is 6.80. The Balaban J connectivity index is 2.68. The third kappa shape index (κ3) is 2.61. The van der Waals surface area contributed by atoms with Gasteiger partial charge in [0, 0.05) is 17.1 Å². The van der Waals surface area contributed by atoms with Crippen molar-refractivity contribution in [3.05, 3.63) is 48.5 Å². The fourth-order valence-corrected chi connectivity index (χ4v) is 5.16. The van der Waals surface area contributed by atoms with Gasteiger partial charge in [0.05, 0.1) is 13.6 Å². The summed E-state index contributed by atoms with van der Waals surface area (Å²) in [4.78, 5) is 16.5. The van der Waals surface area contributed by atoms with E-state index in [-0.39, 0.29) is 11.3 Å². The number of hydrogen-bond acceptors (Lipinski definition) is 2. The molecule has 99 valence electrons. The van der Waals surface area contributed by atoms with Gasteiger partial charge >= 0.3 is 0 Å². The second-order valence-electron chi connectivity index (χ2n) is 6.12. The van der Waals surface area contributed by atoms with Crippen molar-refractivity contribution >= 4 is 24.8 Å². The maximum atomic E-state index is 12.1. The Morgan fingerprint density at radius 3 is 2.47 bits per heavy atom. The van der Waals surface area contributed by atoms with Crippen LogP contribution in [-0.4, -0.2) is 18.8 Å². The van der Waals surface area contributed by atoms with E-state index in [1.807, 2.05) is 30.5 Å². The summed E-state index contributed by atoms with van der Waals surface area (Å²) in [6.45, 7) is 12.5. The molecule has 2 rings (SSSR count). The number of para-hydroxylation sites is 1.